The Kier molecular flexibility index (Phi) is 5.76. The minimum Gasteiger partial charge on any atom is -0.490 e. The highest BCUT2D eigenvalue weighted by Gasteiger charge is 2.35. The van der Waals surface area contributed by atoms with Crippen LogP contribution in [0, 0.1) is 6.92 Å². The van der Waals surface area contributed by atoms with Gasteiger partial charge in [0.2, 0.25) is 5.91 Å². The van der Waals surface area contributed by atoms with Crippen LogP contribution < -0.4 is 10.1 Å². The largest absolute Gasteiger partial charge is 0.490 e. The summed E-state index contributed by atoms with van der Waals surface area (Å²) in [5, 5.41) is 13.5. The normalized spacial score (nSPS) is 22.2. The van der Waals surface area contributed by atoms with E-state index >= 15 is 0 Å². The van der Waals surface area contributed by atoms with Gasteiger partial charge in [0.15, 0.2) is 0 Å². The quantitative estimate of drug-likeness (QED) is 0.812. The molecule has 0 spiro atoms. The fourth-order valence-corrected chi connectivity index (χ4v) is 2.33. The van der Waals surface area contributed by atoms with Crippen molar-refractivity contribution >= 4 is 5.91 Å². The molecule has 1 aromatic rings. The maximum Gasteiger partial charge on any atom is 0.236 e. The van der Waals surface area contributed by atoms with Crippen molar-refractivity contribution in [1.82, 2.24) is 10.2 Å². The highest BCUT2D eigenvalue weighted by molar-refractivity contribution is 5.78. The monoisotopic (exact) mass is 308 g/mol. The fraction of sp³-hybridized carbons (Fsp3) is 0.562. The topological polar surface area (TPSA) is 71.0 Å². The molecule has 0 saturated carbocycles. The first-order chi connectivity index (χ1) is 10.5. The van der Waals surface area contributed by atoms with Crippen LogP contribution in [0.4, 0.5) is 0 Å². The van der Waals surface area contributed by atoms with Gasteiger partial charge >= 0.3 is 0 Å². The minimum atomic E-state index is -1.20. The minimum absolute atomic E-state index is 0.0539. The Balaban J connectivity index is 1.97. The Morgan fingerprint density at radius 3 is 2.86 bits per heavy atom. The van der Waals surface area contributed by atoms with Gasteiger partial charge in [-0.3, -0.25) is 4.79 Å². The second-order valence-electron chi connectivity index (χ2n) is 5.72. The van der Waals surface area contributed by atoms with Crippen molar-refractivity contribution in [1.29, 1.82) is 0 Å². The molecule has 0 bridgehead atoms. The summed E-state index contributed by atoms with van der Waals surface area (Å²) in [5.41, 5.74) is -0.0576. The molecule has 0 aliphatic carbocycles. The number of likely N-dealkylation sites (N-methyl/N-ethyl adjacent to an activating group) is 1. The van der Waals surface area contributed by atoms with Crippen LogP contribution in [0.15, 0.2) is 24.3 Å². The molecule has 0 aromatic heterocycles. The summed E-state index contributed by atoms with van der Waals surface area (Å²) in [7, 11) is 1.72. The van der Waals surface area contributed by atoms with Crippen LogP contribution in [0.3, 0.4) is 0 Å². The van der Waals surface area contributed by atoms with Gasteiger partial charge in [-0.25, -0.2) is 0 Å². The van der Waals surface area contributed by atoms with Gasteiger partial charge in [-0.1, -0.05) is 17.7 Å². The Morgan fingerprint density at radius 2 is 2.18 bits per heavy atom. The second kappa shape index (κ2) is 7.58. The third-order valence-corrected chi connectivity index (χ3v) is 3.57. The summed E-state index contributed by atoms with van der Waals surface area (Å²) in [6, 6.07) is 7.62. The standard InChI is InChI=1S/C16H24N2O4/c1-13-3-5-14(6-4-13)22-12-16(20)10-18(7-8-21-11-16)15(19)9-17-2/h3-6,17,20H,7-12H2,1-2H3. The van der Waals surface area contributed by atoms with Gasteiger partial charge in [-0.2, -0.15) is 0 Å². The average Bonchev–Trinajstić information content (AvgIpc) is 2.70. The van der Waals surface area contributed by atoms with Crippen LogP contribution in [0.5, 0.6) is 5.75 Å². The smallest absolute Gasteiger partial charge is 0.236 e. The van der Waals surface area contributed by atoms with Gasteiger partial charge in [0.05, 0.1) is 26.3 Å². The first-order valence-electron chi connectivity index (χ1n) is 7.44. The highest BCUT2D eigenvalue weighted by atomic mass is 16.5. The van der Waals surface area contributed by atoms with E-state index in [4.69, 9.17) is 9.47 Å². The van der Waals surface area contributed by atoms with E-state index in [1.165, 1.54) is 0 Å². The van der Waals surface area contributed by atoms with E-state index < -0.39 is 5.60 Å². The molecule has 1 aliphatic heterocycles. The third-order valence-electron chi connectivity index (χ3n) is 3.57. The number of ether oxygens (including phenoxy) is 2. The summed E-state index contributed by atoms with van der Waals surface area (Å²) in [6.07, 6.45) is 0. The number of aryl methyl sites for hydroxylation is 1. The van der Waals surface area contributed by atoms with E-state index in [0.29, 0.717) is 18.9 Å². The average molecular weight is 308 g/mol. The number of hydrogen-bond donors (Lipinski definition) is 2. The Bertz CT molecular complexity index is 491. The molecule has 1 aliphatic rings. The molecule has 22 heavy (non-hydrogen) atoms. The van der Waals surface area contributed by atoms with E-state index in [-0.39, 0.29) is 32.2 Å². The second-order valence-corrected chi connectivity index (χ2v) is 5.72. The van der Waals surface area contributed by atoms with E-state index in [1.807, 2.05) is 31.2 Å². The van der Waals surface area contributed by atoms with Crippen molar-refractivity contribution in [2.75, 3.05) is 46.5 Å². The van der Waals surface area contributed by atoms with Crippen LogP contribution in [0.1, 0.15) is 5.56 Å². The molecule has 2 rings (SSSR count). The first kappa shape index (κ1) is 16.7. The zero-order valence-electron chi connectivity index (χ0n) is 13.2. The maximum absolute atomic E-state index is 12.0. The fourth-order valence-electron chi connectivity index (χ4n) is 2.33. The zero-order chi connectivity index (χ0) is 16.0. The molecule has 0 radical (unpaired) electrons. The molecule has 1 aromatic carbocycles. The molecule has 2 N–H and O–H groups in total. The van der Waals surface area contributed by atoms with E-state index in [1.54, 1.807) is 11.9 Å². The molecule has 1 unspecified atom stereocenters. The van der Waals surface area contributed by atoms with Gasteiger partial charge in [-0.05, 0) is 26.1 Å². The van der Waals surface area contributed by atoms with E-state index in [0.717, 1.165) is 5.56 Å². The predicted molar refractivity (Wildman–Crippen MR) is 82.9 cm³/mol. The lowest BCUT2D eigenvalue weighted by Crippen LogP contribution is -2.51. The van der Waals surface area contributed by atoms with Crippen molar-refractivity contribution in [3.8, 4) is 5.75 Å². The molecule has 1 saturated heterocycles. The summed E-state index contributed by atoms with van der Waals surface area (Å²) in [6.45, 7) is 3.59. The SMILES string of the molecule is CNCC(=O)N1CCOCC(O)(COc2ccc(C)cc2)C1. The Hall–Kier alpha value is -1.63. The van der Waals surface area contributed by atoms with Crippen LogP contribution in [-0.4, -0.2) is 68.0 Å². The molecular weight excluding hydrogens is 284 g/mol. The highest BCUT2D eigenvalue weighted by Crippen LogP contribution is 2.17. The number of carbonyl (C=O) groups excluding carboxylic acids is 1. The summed E-state index contributed by atoms with van der Waals surface area (Å²) >= 11 is 0. The number of hydrogen-bond acceptors (Lipinski definition) is 5. The molecule has 6 heteroatoms. The number of amides is 1. The molecule has 1 atom stereocenters. The van der Waals surface area contributed by atoms with Crippen molar-refractivity contribution in [3.05, 3.63) is 29.8 Å². The maximum atomic E-state index is 12.0. The Labute approximate surface area is 131 Å². The van der Waals surface area contributed by atoms with Crippen LogP contribution in [-0.2, 0) is 9.53 Å². The van der Waals surface area contributed by atoms with Gasteiger partial charge in [0, 0.05) is 6.54 Å². The van der Waals surface area contributed by atoms with Crippen molar-refractivity contribution < 1.29 is 19.4 Å². The van der Waals surface area contributed by atoms with Gasteiger partial charge in [0.25, 0.3) is 0 Å². The van der Waals surface area contributed by atoms with Crippen molar-refractivity contribution in [2.45, 2.75) is 12.5 Å². The molecule has 1 amide bonds. The lowest BCUT2D eigenvalue weighted by Gasteiger charge is -2.30. The number of carbonyl (C=O) groups is 1. The van der Waals surface area contributed by atoms with E-state index in [2.05, 4.69) is 5.32 Å². The number of rotatable bonds is 5. The summed E-state index contributed by atoms with van der Waals surface area (Å²) in [5.74, 6) is 0.637. The third kappa shape index (κ3) is 4.69. The molecule has 1 fully saturated rings. The summed E-state index contributed by atoms with van der Waals surface area (Å²) < 4.78 is 11.1. The first-order valence-corrected chi connectivity index (χ1v) is 7.44. The van der Waals surface area contributed by atoms with Gasteiger partial charge in [0.1, 0.15) is 18.0 Å². The number of aliphatic hydroxyl groups is 1. The van der Waals surface area contributed by atoms with Crippen LogP contribution in [0.2, 0.25) is 0 Å². The number of β-amino-alcohol motifs (C(OH)–C–C–N with tert-alkyl or cyclic N) is 1. The Morgan fingerprint density at radius 1 is 1.45 bits per heavy atom. The van der Waals surface area contributed by atoms with Gasteiger partial charge < -0.3 is 24.8 Å². The lowest BCUT2D eigenvalue weighted by atomic mass is 10.1. The number of benzene rings is 1. The summed E-state index contributed by atoms with van der Waals surface area (Å²) in [4.78, 5) is 13.6. The lowest BCUT2D eigenvalue weighted by molar-refractivity contribution is -0.133. The van der Waals surface area contributed by atoms with Crippen LogP contribution in [0.25, 0.3) is 0 Å². The number of nitrogens with one attached hydrogen (secondary N) is 1. The van der Waals surface area contributed by atoms with Crippen molar-refractivity contribution in [3.63, 3.8) is 0 Å². The van der Waals surface area contributed by atoms with E-state index in [9.17, 15) is 9.90 Å². The molecule has 1 heterocycles. The molecular formula is C16H24N2O4. The number of nitrogens with zero attached hydrogens (tertiary/aromatic N) is 1. The van der Waals surface area contributed by atoms with Crippen molar-refractivity contribution in [2.24, 2.45) is 0 Å². The molecule has 6 nitrogen and oxygen atoms in total. The zero-order valence-corrected chi connectivity index (χ0v) is 13.2. The van der Waals surface area contributed by atoms with Crippen LogP contribution >= 0.6 is 0 Å². The van der Waals surface area contributed by atoms with Gasteiger partial charge in [-0.15, -0.1) is 0 Å². The molecule has 122 valence electrons. The predicted octanol–water partition coefficient (Wildman–Crippen LogP) is 0.183.